The van der Waals surface area contributed by atoms with E-state index in [0.717, 1.165) is 18.4 Å². The Morgan fingerprint density at radius 3 is 2.67 bits per heavy atom. The number of furan rings is 1. The third-order valence-electron chi connectivity index (χ3n) is 2.51. The van der Waals surface area contributed by atoms with Gasteiger partial charge >= 0.3 is 7.12 Å². The van der Waals surface area contributed by atoms with Gasteiger partial charge in [0.25, 0.3) is 0 Å². The second kappa shape index (κ2) is 2.96. The molecule has 0 atom stereocenters. The van der Waals surface area contributed by atoms with E-state index in [-0.39, 0.29) is 0 Å². The first-order valence-corrected chi connectivity index (χ1v) is 4.22. The maximum absolute atomic E-state index is 8.92. The summed E-state index contributed by atoms with van der Waals surface area (Å²) in [5, 5.41) is 17.8. The van der Waals surface area contributed by atoms with Crippen LogP contribution in [0.5, 0.6) is 0 Å². The van der Waals surface area contributed by atoms with Crippen LogP contribution in [0, 0.1) is 0 Å². The topological polar surface area (TPSA) is 53.6 Å². The van der Waals surface area contributed by atoms with Gasteiger partial charge in [-0.25, -0.2) is 0 Å². The van der Waals surface area contributed by atoms with E-state index in [9.17, 15) is 0 Å². The first-order valence-electron chi connectivity index (χ1n) is 4.22. The fourth-order valence-electron chi connectivity index (χ4n) is 1.60. The molecule has 0 spiro atoms. The SMILES string of the molecule is OB(O)c1occc1C1CCC1. The molecule has 0 saturated heterocycles. The molecule has 0 amide bonds. The molecule has 2 N–H and O–H groups in total. The van der Waals surface area contributed by atoms with Crippen LogP contribution in [-0.2, 0) is 0 Å². The van der Waals surface area contributed by atoms with E-state index in [0.29, 0.717) is 11.6 Å². The highest BCUT2D eigenvalue weighted by Crippen LogP contribution is 2.35. The summed E-state index contributed by atoms with van der Waals surface area (Å²) in [6.07, 6.45) is 5.03. The Hall–Kier alpha value is -0.735. The van der Waals surface area contributed by atoms with E-state index in [4.69, 9.17) is 14.5 Å². The van der Waals surface area contributed by atoms with Gasteiger partial charge in [-0.1, -0.05) is 6.42 Å². The largest absolute Gasteiger partial charge is 0.526 e. The lowest BCUT2D eigenvalue weighted by Crippen LogP contribution is -2.33. The summed E-state index contributed by atoms with van der Waals surface area (Å²) in [6.45, 7) is 0. The smallest absolute Gasteiger partial charge is 0.473 e. The van der Waals surface area contributed by atoms with Crippen LogP contribution in [0.2, 0.25) is 0 Å². The molecule has 12 heavy (non-hydrogen) atoms. The van der Waals surface area contributed by atoms with Gasteiger partial charge in [0.05, 0.1) is 6.26 Å². The fraction of sp³-hybridized carbons (Fsp3) is 0.500. The zero-order chi connectivity index (χ0) is 8.55. The van der Waals surface area contributed by atoms with Gasteiger partial charge in [-0.3, -0.25) is 0 Å². The minimum atomic E-state index is -1.46. The molecule has 0 aliphatic heterocycles. The van der Waals surface area contributed by atoms with Crippen molar-refractivity contribution in [1.29, 1.82) is 0 Å². The molecular weight excluding hydrogens is 155 g/mol. The maximum atomic E-state index is 8.92. The summed E-state index contributed by atoms with van der Waals surface area (Å²) in [6, 6.07) is 1.83. The molecule has 1 heterocycles. The molecule has 2 rings (SSSR count). The molecule has 3 nitrogen and oxygen atoms in total. The second-order valence-electron chi connectivity index (χ2n) is 3.24. The van der Waals surface area contributed by atoms with Crippen molar-refractivity contribution in [2.75, 3.05) is 0 Å². The fourth-order valence-corrected chi connectivity index (χ4v) is 1.60. The van der Waals surface area contributed by atoms with Gasteiger partial charge in [0, 0.05) is 0 Å². The van der Waals surface area contributed by atoms with Crippen molar-refractivity contribution in [2.45, 2.75) is 25.2 Å². The lowest BCUT2D eigenvalue weighted by molar-refractivity contribution is 0.396. The van der Waals surface area contributed by atoms with Crippen LogP contribution in [0.1, 0.15) is 30.7 Å². The number of rotatable bonds is 2. The van der Waals surface area contributed by atoms with Crippen molar-refractivity contribution in [3.8, 4) is 0 Å². The van der Waals surface area contributed by atoms with Gasteiger partial charge in [0.2, 0.25) is 0 Å². The van der Waals surface area contributed by atoms with Gasteiger partial charge in [0.15, 0.2) is 0 Å². The Morgan fingerprint density at radius 2 is 2.17 bits per heavy atom. The van der Waals surface area contributed by atoms with Crippen molar-refractivity contribution >= 4 is 12.8 Å². The van der Waals surface area contributed by atoms with E-state index < -0.39 is 7.12 Å². The highest BCUT2D eigenvalue weighted by atomic mass is 16.4. The van der Waals surface area contributed by atoms with Gasteiger partial charge in [-0.15, -0.1) is 0 Å². The molecule has 1 aliphatic rings. The van der Waals surface area contributed by atoms with Crippen molar-refractivity contribution in [3.05, 3.63) is 17.9 Å². The van der Waals surface area contributed by atoms with Crippen molar-refractivity contribution in [1.82, 2.24) is 0 Å². The summed E-state index contributed by atoms with van der Waals surface area (Å²) in [5.74, 6) is 0.487. The Bertz CT molecular complexity index is 265. The maximum Gasteiger partial charge on any atom is 0.526 e. The summed E-state index contributed by atoms with van der Waals surface area (Å²) < 4.78 is 4.98. The Balaban J connectivity index is 2.23. The van der Waals surface area contributed by atoms with Crippen molar-refractivity contribution in [2.24, 2.45) is 0 Å². The van der Waals surface area contributed by atoms with E-state index in [1.54, 1.807) is 0 Å². The molecular formula is C8H11BO3. The summed E-state index contributed by atoms with van der Waals surface area (Å²) in [7, 11) is -1.46. The minimum Gasteiger partial charge on any atom is -0.473 e. The zero-order valence-corrected chi connectivity index (χ0v) is 6.73. The zero-order valence-electron chi connectivity index (χ0n) is 6.73. The lowest BCUT2D eigenvalue weighted by atomic mass is 9.74. The van der Waals surface area contributed by atoms with Crippen LogP contribution in [0.25, 0.3) is 0 Å². The van der Waals surface area contributed by atoms with Gasteiger partial charge < -0.3 is 14.5 Å². The van der Waals surface area contributed by atoms with Gasteiger partial charge in [-0.2, -0.15) is 0 Å². The third-order valence-corrected chi connectivity index (χ3v) is 2.51. The van der Waals surface area contributed by atoms with Gasteiger partial charge in [0.1, 0.15) is 5.66 Å². The standard InChI is InChI=1S/C8H11BO3/c10-9(11)8-7(4-5-12-8)6-2-1-3-6/h4-6,10-11H,1-3H2. The molecule has 1 fully saturated rings. The molecule has 0 radical (unpaired) electrons. The molecule has 4 heteroatoms. The molecule has 1 aromatic heterocycles. The van der Waals surface area contributed by atoms with Crippen molar-refractivity contribution < 1.29 is 14.5 Å². The molecule has 1 aliphatic carbocycles. The minimum absolute atomic E-state index is 0.319. The Kier molecular flexibility index (Phi) is 1.94. The predicted octanol–water partition coefficient (Wildman–Crippen LogP) is 0.227. The van der Waals surface area contributed by atoms with E-state index >= 15 is 0 Å². The average molecular weight is 166 g/mol. The molecule has 0 aromatic carbocycles. The van der Waals surface area contributed by atoms with Crippen LogP contribution in [-0.4, -0.2) is 17.2 Å². The Labute approximate surface area is 71.2 Å². The lowest BCUT2D eigenvalue weighted by Gasteiger charge is -2.25. The van der Waals surface area contributed by atoms with Crippen LogP contribution >= 0.6 is 0 Å². The van der Waals surface area contributed by atoms with E-state index in [2.05, 4.69) is 0 Å². The summed E-state index contributed by atoms with van der Waals surface area (Å²) in [5.41, 5.74) is 1.29. The van der Waals surface area contributed by atoms with Crippen molar-refractivity contribution in [3.63, 3.8) is 0 Å². The average Bonchev–Trinajstić information content (AvgIpc) is 2.31. The van der Waals surface area contributed by atoms with E-state index in [1.807, 2.05) is 6.07 Å². The summed E-state index contributed by atoms with van der Waals surface area (Å²) >= 11 is 0. The highest BCUT2D eigenvalue weighted by molar-refractivity contribution is 6.57. The van der Waals surface area contributed by atoms with E-state index in [1.165, 1.54) is 12.7 Å². The van der Waals surface area contributed by atoms with Crippen LogP contribution in [0.3, 0.4) is 0 Å². The molecule has 0 bridgehead atoms. The van der Waals surface area contributed by atoms with Gasteiger partial charge in [-0.05, 0) is 30.4 Å². The van der Waals surface area contributed by atoms with Crippen LogP contribution in [0.15, 0.2) is 16.7 Å². The quantitative estimate of drug-likeness (QED) is 0.618. The molecule has 1 saturated carbocycles. The second-order valence-corrected chi connectivity index (χ2v) is 3.24. The first kappa shape index (κ1) is 7.89. The highest BCUT2D eigenvalue weighted by Gasteiger charge is 2.28. The molecule has 64 valence electrons. The normalized spacial score (nSPS) is 17.5. The summed E-state index contributed by atoms with van der Waals surface area (Å²) in [4.78, 5) is 0. The van der Waals surface area contributed by atoms with Crippen LogP contribution in [0.4, 0.5) is 0 Å². The monoisotopic (exact) mass is 166 g/mol. The van der Waals surface area contributed by atoms with Crippen LogP contribution < -0.4 is 5.66 Å². The first-order chi connectivity index (χ1) is 5.79. The third kappa shape index (κ3) is 1.17. The number of hydrogen-bond acceptors (Lipinski definition) is 3. The number of hydrogen-bond donors (Lipinski definition) is 2. The Morgan fingerprint density at radius 1 is 1.42 bits per heavy atom. The molecule has 0 unspecified atom stereocenters. The predicted molar refractivity (Wildman–Crippen MR) is 45.1 cm³/mol. The molecule has 1 aromatic rings.